The van der Waals surface area contributed by atoms with E-state index < -0.39 is 5.60 Å². The third-order valence-corrected chi connectivity index (χ3v) is 6.44. The standard InChI is InChI=1S/C22H26N2O3/c1-2-22(27)12-6-9-16-13-24(14-18(16)22)21(26)17-10-11-19(23-20(17)25)15-7-4-3-5-8-15/h3-5,7-8,10-11,16,18,27H,2,6,9,12-14H2,1H3,(H,23,25)/t16-,18+,22-/m0/s1. The van der Waals surface area contributed by atoms with Crippen molar-refractivity contribution in [2.45, 2.75) is 38.2 Å². The molecule has 2 aromatic rings. The maximum atomic E-state index is 13.0. The quantitative estimate of drug-likeness (QED) is 0.877. The highest BCUT2D eigenvalue weighted by Gasteiger charge is 2.48. The molecule has 1 saturated heterocycles. The molecule has 2 fully saturated rings. The summed E-state index contributed by atoms with van der Waals surface area (Å²) < 4.78 is 0. The first-order valence-electron chi connectivity index (χ1n) is 9.82. The van der Waals surface area contributed by atoms with Gasteiger partial charge >= 0.3 is 0 Å². The second kappa shape index (κ2) is 6.97. The fourth-order valence-electron chi connectivity index (χ4n) is 4.83. The topological polar surface area (TPSA) is 73.4 Å². The maximum absolute atomic E-state index is 13.0. The Kier molecular flexibility index (Phi) is 4.64. The molecule has 2 N–H and O–H groups in total. The molecule has 4 rings (SSSR count). The average Bonchev–Trinajstić information content (AvgIpc) is 3.14. The van der Waals surface area contributed by atoms with Crippen LogP contribution >= 0.6 is 0 Å². The molecule has 2 aliphatic rings. The smallest absolute Gasteiger partial charge is 0.261 e. The Labute approximate surface area is 159 Å². The minimum Gasteiger partial charge on any atom is -0.390 e. The second-order valence-corrected chi connectivity index (χ2v) is 7.91. The largest absolute Gasteiger partial charge is 0.390 e. The van der Waals surface area contributed by atoms with Gasteiger partial charge in [-0.25, -0.2) is 0 Å². The number of benzene rings is 1. The molecule has 1 saturated carbocycles. The number of carbonyl (C=O) groups excluding carboxylic acids is 1. The fourth-order valence-corrected chi connectivity index (χ4v) is 4.83. The molecule has 1 aliphatic carbocycles. The van der Waals surface area contributed by atoms with E-state index in [4.69, 9.17) is 0 Å². The lowest BCUT2D eigenvalue weighted by Gasteiger charge is -2.40. The summed E-state index contributed by atoms with van der Waals surface area (Å²) in [5.41, 5.74) is 0.749. The molecule has 0 unspecified atom stereocenters. The average molecular weight is 366 g/mol. The summed E-state index contributed by atoms with van der Waals surface area (Å²) in [6.45, 7) is 3.18. The van der Waals surface area contributed by atoms with E-state index in [0.29, 0.717) is 31.1 Å². The van der Waals surface area contributed by atoms with Crippen molar-refractivity contribution in [2.24, 2.45) is 11.8 Å². The first-order valence-corrected chi connectivity index (χ1v) is 9.82. The normalized spacial score (nSPS) is 27.4. The number of nitrogens with one attached hydrogen (secondary N) is 1. The Balaban J connectivity index is 1.56. The van der Waals surface area contributed by atoms with Crippen LogP contribution in [0.5, 0.6) is 0 Å². The molecule has 0 spiro atoms. The lowest BCUT2D eigenvalue weighted by Crippen LogP contribution is -2.44. The van der Waals surface area contributed by atoms with E-state index in [1.54, 1.807) is 17.0 Å². The van der Waals surface area contributed by atoms with Gasteiger partial charge in [0.05, 0.1) is 5.60 Å². The van der Waals surface area contributed by atoms with Crippen molar-refractivity contribution in [1.82, 2.24) is 9.88 Å². The van der Waals surface area contributed by atoms with Gasteiger partial charge in [-0.3, -0.25) is 9.59 Å². The number of aromatic amines is 1. The number of hydrogen-bond acceptors (Lipinski definition) is 3. The number of carbonyl (C=O) groups is 1. The number of aliphatic hydroxyl groups is 1. The van der Waals surface area contributed by atoms with Crippen LogP contribution in [0.4, 0.5) is 0 Å². The SMILES string of the molecule is CC[C@]1(O)CCC[C@H]2CN(C(=O)c3ccc(-c4ccccc4)[nH]c3=O)C[C@H]21. The van der Waals surface area contributed by atoms with Crippen LogP contribution in [0, 0.1) is 11.8 Å². The number of amides is 1. The monoisotopic (exact) mass is 366 g/mol. The number of nitrogens with zero attached hydrogens (tertiary/aromatic N) is 1. The lowest BCUT2D eigenvalue weighted by molar-refractivity contribution is -0.0609. The van der Waals surface area contributed by atoms with Gasteiger partial charge in [0.2, 0.25) is 0 Å². The predicted octanol–water partition coefficient (Wildman–Crippen LogP) is 3.06. The van der Waals surface area contributed by atoms with Crippen molar-refractivity contribution >= 4 is 5.91 Å². The van der Waals surface area contributed by atoms with Gasteiger partial charge in [0, 0.05) is 24.7 Å². The number of fused-ring (bicyclic) bond motifs is 1. The molecule has 1 aromatic carbocycles. The van der Waals surface area contributed by atoms with Crippen molar-refractivity contribution in [2.75, 3.05) is 13.1 Å². The number of hydrogen-bond donors (Lipinski definition) is 2. The molecule has 2 heterocycles. The Hall–Kier alpha value is -2.40. The van der Waals surface area contributed by atoms with Crippen LogP contribution in [-0.4, -0.2) is 39.6 Å². The van der Waals surface area contributed by atoms with Gasteiger partial charge in [-0.05, 0) is 42.9 Å². The molecule has 0 radical (unpaired) electrons. The maximum Gasteiger partial charge on any atom is 0.261 e. The predicted molar refractivity (Wildman–Crippen MR) is 104 cm³/mol. The number of H-pyrrole nitrogens is 1. The van der Waals surface area contributed by atoms with E-state index in [-0.39, 0.29) is 22.9 Å². The van der Waals surface area contributed by atoms with E-state index in [1.807, 2.05) is 37.3 Å². The number of likely N-dealkylation sites (tertiary alicyclic amines) is 1. The van der Waals surface area contributed by atoms with Crippen molar-refractivity contribution < 1.29 is 9.90 Å². The summed E-state index contributed by atoms with van der Waals surface area (Å²) in [4.78, 5) is 30.1. The first-order chi connectivity index (χ1) is 13.0. The highest BCUT2D eigenvalue weighted by Crippen LogP contribution is 2.44. The van der Waals surface area contributed by atoms with E-state index in [2.05, 4.69) is 4.98 Å². The van der Waals surface area contributed by atoms with E-state index in [0.717, 1.165) is 24.8 Å². The summed E-state index contributed by atoms with van der Waals surface area (Å²) in [7, 11) is 0. The summed E-state index contributed by atoms with van der Waals surface area (Å²) in [6.07, 6.45) is 3.56. The van der Waals surface area contributed by atoms with Gasteiger partial charge in [0.15, 0.2) is 0 Å². The summed E-state index contributed by atoms with van der Waals surface area (Å²) in [5, 5.41) is 10.9. The minimum absolute atomic E-state index is 0.114. The molecule has 0 bridgehead atoms. The van der Waals surface area contributed by atoms with Crippen LogP contribution < -0.4 is 5.56 Å². The molecule has 1 amide bonds. The number of rotatable bonds is 3. The second-order valence-electron chi connectivity index (χ2n) is 7.91. The number of pyridine rings is 1. The van der Waals surface area contributed by atoms with Gasteiger partial charge in [-0.15, -0.1) is 0 Å². The van der Waals surface area contributed by atoms with Crippen LogP contribution in [0.1, 0.15) is 43.0 Å². The molecule has 3 atom stereocenters. The van der Waals surface area contributed by atoms with Crippen molar-refractivity contribution in [3.8, 4) is 11.3 Å². The van der Waals surface area contributed by atoms with Crippen molar-refractivity contribution in [3.63, 3.8) is 0 Å². The van der Waals surface area contributed by atoms with Crippen molar-refractivity contribution in [1.29, 1.82) is 0 Å². The summed E-state index contributed by atoms with van der Waals surface area (Å²) in [6, 6.07) is 13.0. The molecular formula is C22H26N2O3. The van der Waals surface area contributed by atoms with Crippen LogP contribution in [0.25, 0.3) is 11.3 Å². The molecular weight excluding hydrogens is 340 g/mol. The van der Waals surface area contributed by atoms with Gasteiger partial charge in [-0.1, -0.05) is 43.7 Å². The molecule has 1 aromatic heterocycles. The molecule has 27 heavy (non-hydrogen) atoms. The third kappa shape index (κ3) is 3.21. The highest BCUT2D eigenvalue weighted by atomic mass is 16.3. The first kappa shape index (κ1) is 18.0. The molecule has 5 heteroatoms. The van der Waals surface area contributed by atoms with Crippen LogP contribution in [0.3, 0.4) is 0 Å². The van der Waals surface area contributed by atoms with E-state index in [9.17, 15) is 14.7 Å². The Morgan fingerprint density at radius 2 is 2.00 bits per heavy atom. The number of aromatic nitrogens is 1. The van der Waals surface area contributed by atoms with Gasteiger partial charge in [0.1, 0.15) is 5.56 Å². The van der Waals surface area contributed by atoms with Crippen LogP contribution in [0.15, 0.2) is 47.3 Å². The minimum atomic E-state index is -0.679. The fraction of sp³-hybridized carbons (Fsp3) is 0.455. The molecule has 1 aliphatic heterocycles. The van der Waals surface area contributed by atoms with Crippen LogP contribution in [0.2, 0.25) is 0 Å². The summed E-state index contributed by atoms with van der Waals surface area (Å²) >= 11 is 0. The zero-order chi connectivity index (χ0) is 19.0. The van der Waals surface area contributed by atoms with Gasteiger partial charge < -0.3 is 15.0 Å². The van der Waals surface area contributed by atoms with Crippen LogP contribution in [-0.2, 0) is 0 Å². The van der Waals surface area contributed by atoms with Gasteiger partial charge in [-0.2, -0.15) is 0 Å². The third-order valence-electron chi connectivity index (χ3n) is 6.44. The molecule has 142 valence electrons. The van der Waals surface area contributed by atoms with E-state index >= 15 is 0 Å². The Morgan fingerprint density at radius 3 is 2.70 bits per heavy atom. The van der Waals surface area contributed by atoms with Gasteiger partial charge in [0.25, 0.3) is 11.5 Å². The lowest BCUT2D eigenvalue weighted by atomic mass is 9.69. The summed E-state index contributed by atoms with van der Waals surface area (Å²) in [5.74, 6) is 0.210. The Bertz CT molecular complexity index is 892. The highest BCUT2D eigenvalue weighted by molar-refractivity contribution is 5.94. The zero-order valence-corrected chi connectivity index (χ0v) is 15.6. The molecule has 5 nitrogen and oxygen atoms in total. The van der Waals surface area contributed by atoms with Crippen molar-refractivity contribution in [3.05, 3.63) is 58.4 Å². The Morgan fingerprint density at radius 1 is 1.22 bits per heavy atom. The van der Waals surface area contributed by atoms with E-state index in [1.165, 1.54) is 0 Å². The zero-order valence-electron chi connectivity index (χ0n) is 15.6.